The van der Waals surface area contributed by atoms with Crippen LogP contribution in [0.1, 0.15) is 35.1 Å². The molecule has 0 saturated carbocycles. The number of carbonyl (C=O) groups excluding carboxylic acids is 1. The SMILES string of the molecule is COc1cccc(CN2CCC3(CC2)CN(C(=O)Cc2ccc(Cl)cc2)c2ccc(C)cc23)c1. The number of nitrogens with zero attached hydrogens (tertiary/aromatic N) is 2. The van der Waals surface area contributed by atoms with Gasteiger partial charge < -0.3 is 9.64 Å². The third-order valence-corrected chi connectivity index (χ3v) is 7.65. The zero-order valence-corrected chi connectivity index (χ0v) is 20.6. The first-order chi connectivity index (χ1) is 16.5. The molecule has 34 heavy (non-hydrogen) atoms. The van der Waals surface area contributed by atoms with Crippen LogP contribution in [0.15, 0.2) is 66.7 Å². The van der Waals surface area contributed by atoms with Gasteiger partial charge in [0.05, 0.1) is 13.5 Å². The van der Waals surface area contributed by atoms with Crippen LogP contribution in [0, 0.1) is 6.92 Å². The molecule has 3 aromatic rings. The lowest BCUT2D eigenvalue weighted by atomic mass is 9.74. The molecule has 4 nitrogen and oxygen atoms in total. The molecule has 2 heterocycles. The summed E-state index contributed by atoms with van der Waals surface area (Å²) in [4.78, 5) is 18.0. The molecule has 0 aliphatic carbocycles. The predicted octanol–water partition coefficient (Wildman–Crippen LogP) is 5.78. The lowest BCUT2D eigenvalue weighted by Crippen LogP contribution is -2.46. The number of amides is 1. The van der Waals surface area contributed by atoms with Gasteiger partial charge in [-0.15, -0.1) is 0 Å². The van der Waals surface area contributed by atoms with Crippen LogP contribution >= 0.6 is 11.6 Å². The number of piperidine rings is 1. The largest absolute Gasteiger partial charge is 0.497 e. The average molecular weight is 475 g/mol. The predicted molar refractivity (Wildman–Crippen MR) is 138 cm³/mol. The molecule has 0 bridgehead atoms. The van der Waals surface area contributed by atoms with E-state index in [1.165, 1.54) is 16.7 Å². The van der Waals surface area contributed by atoms with Gasteiger partial charge in [-0.1, -0.05) is 53.6 Å². The van der Waals surface area contributed by atoms with Crippen LogP contribution in [-0.4, -0.2) is 37.6 Å². The number of hydrogen-bond acceptors (Lipinski definition) is 3. The summed E-state index contributed by atoms with van der Waals surface area (Å²) in [6.45, 7) is 5.87. The number of carbonyl (C=O) groups is 1. The van der Waals surface area contributed by atoms with Crippen molar-refractivity contribution in [1.82, 2.24) is 4.90 Å². The minimum atomic E-state index is 0.0296. The Labute approximate surface area is 207 Å². The fourth-order valence-corrected chi connectivity index (χ4v) is 5.60. The second kappa shape index (κ2) is 9.44. The van der Waals surface area contributed by atoms with Gasteiger partial charge in [-0.2, -0.15) is 0 Å². The zero-order chi connectivity index (χ0) is 23.7. The van der Waals surface area contributed by atoms with E-state index in [1.807, 2.05) is 35.2 Å². The second-order valence-corrected chi connectivity index (χ2v) is 10.1. The number of fused-ring (bicyclic) bond motifs is 2. The van der Waals surface area contributed by atoms with Crippen LogP contribution < -0.4 is 9.64 Å². The first kappa shape index (κ1) is 22.9. The molecule has 0 radical (unpaired) electrons. The van der Waals surface area contributed by atoms with E-state index in [9.17, 15) is 4.79 Å². The smallest absolute Gasteiger partial charge is 0.231 e. The second-order valence-electron chi connectivity index (χ2n) is 9.71. The van der Waals surface area contributed by atoms with E-state index < -0.39 is 0 Å². The lowest BCUT2D eigenvalue weighted by molar-refractivity contribution is -0.118. The third kappa shape index (κ3) is 4.57. The highest BCUT2D eigenvalue weighted by Gasteiger charge is 2.46. The highest BCUT2D eigenvalue weighted by atomic mass is 35.5. The van der Waals surface area contributed by atoms with Crippen LogP contribution in [0.2, 0.25) is 5.02 Å². The van der Waals surface area contributed by atoms with E-state index in [1.54, 1.807) is 7.11 Å². The van der Waals surface area contributed by atoms with Gasteiger partial charge in [0.2, 0.25) is 5.91 Å². The number of anilines is 1. The highest BCUT2D eigenvalue weighted by molar-refractivity contribution is 6.30. The Morgan fingerprint density at radius 2 is 1.76 bits per heavy atom. The molecule has 5 rings (SSSR count). The Balaban J connectivity index is 1.33. The number of halogens is 1. The van der Waals surface area contributed by atoms with Gasteiger partial charge in [0.1, 0.15) is 5.75 Å². The summed E-state index contributed by atoms with van der Waals surface area (Å²) in [7, 11) is 1.71. The average Bonchev–Trinajstić information content (AvgIpc) is 3.15. The van der Waals surface area contributed by atoms with Gasteiger partial charge in [0.15, 0.2) is 0 Å². The summed E-state index contributed by atoms with van der Waals surface area (Å²) in [6, 6.07) is 22.5. The van der Waals surface area contributed by atoms with Crippen LogP contribution in [0.25, 0.3) is 0 Å². The number of hydrogen-bond donors (Lipinski definition) is 0. The maximum Gasteiger partial charge on any atom is 0.231 e. The molecule has 2 aliphatic rings. The molecule has 0 N–H and O–H groups in total. The lowest BCUT2D eigenvalue weighted by Gasteiger charge is -2.40. The van der Waals surface area contributed by atoms with Gasteiger partial charge in [-0.05, 0) is 79.9 Å². The van der Waals surface area contributed by atoms with E-state index in [4.69, 9.17) is 16.3 Å². The molecular formula is C29H31ClN2O2. The highest BCUT2D eigenvalue weighted by Crippen LogP contribution is 2.47. The number of benzene rings is 3. The van der Waals surface area contributed by atoms with E-state index >= 15 is 0 Å². The molecule has 0 unspecified atom stereocenters. The molecular weight excluding hydrogens is 444 g/mol. The summed E-state index contributed by atoms with van der Waals surface area (Å²) in [6.07, 6.45) is 2.50. The molecule has 2 aliphatic heterocycles. The van der Waals surface area contributed by atoms with E-state index in [2.05, 4.69) is 48.2 Å². The van der Waals surface area contributed by atoms with Gasteiger partial charge in [-0.3, -0.25) is 9.69 Å². The molecule has 0 aromatic heterocycles. The third-order valence-electron chi connectivity index (χ3n) is 7.40. The van der Waals surface area contributed by atoms with E-state index in [-0.39, 0.29) is 11.3 Å². The monoisotopic (exact) mass is 474 g/mol. The van der Waals surface area contributed by atoms with Gasteiger partial charge >= 0.3 is 0 Å². The van der Waals surface area contributed by atoms with Gasteiger partial charge in [-0.25, -0.2) is 0 Å². The van der Waals surface area contributed by atoms with Crippen molar-refractivity contribution in [2.75, 3.05) is 31.6 Å². The fraction of sp³-hybridized carbons (Fsp3) is 0.345. The Morgan fingerprint density at radius 1 is 1.00 bits per heavy atom. The molecule has 0 atom stereocenters. The van der Waals surface area contributed by atoms with Crippen molar-refractivity contribution >= 4 is 23.2 Å². The van der Waals surface area contributed by atoms with Crippen LogP contribution in [0.3, 0.4) is 0 Å². The van der Waals surface area contributed by atoms with Crippen molar-refractivity contribution in [2.45, 2.75) is 38.1 Å². The summed E-state index contributed by atoms with van der Waals surface area (Å²) in [5.74, 6) is 1.06. The maximum absolute atomic E-state index is 13.4. The quantitative estimate of drug-likeness (QED) is 0.470. The number of rotatable bonds is 5. The Kier molecular flexibility index (Phi) is 6.37. The van der Waals surface area contributed by atoms with Crippen LogP contribution in [0.4, 0.5) is 5.69 Å². The standard InChI is InChI=1S/C29H31ClN2O2/c1-21-6-11-27-26(16-21)29(20-32(27)28(33)18-22-7-9-24(30)10-8-22)12-14-31(15-13-29)19-23-4-3-5-25(17-23)34-2/h3-11,16-17H,12-15,18-20H2,1-2H3. The van der Waals surface area contributed by atoms with Gasteiger partial charge in [0, 0.05) is 29.2 Å². The number of aryl methyl sites for hydroxylation is 1. The summed E-state index contributed by atoms with van der Waals surface area (Å²) < 4.78 is 5.39. The van der Waals surface area contributed by atoms with Crippen molar-refractivity contribution in [3.63, 3.8) is 0 Å². The number of likely N-dealkylation sites (tertiary alicyclic amines) is 1. The molecule has 1 fully saturated rings. The molecule has 176 valence electrons. The van der Waals surface area contributed by atoms with E-state index in [0.717, 1.165) is 56.0 Å². The number of ether oxygens (including phenoxy) is 1. The van der Waals surface area contributed by atoms with Crippen molar-refractivity contribution in [1.29, 1.82) is 0 Å². The van der Waals surface area contributed by atoms with Crippen molar-refractivity contribution in [2.24, 2.45) is 0 Å². The Hall–Kier alpha value is -2.82. The van der Waals surface area contributed by atoms with Crippen LogP contribution in [0.5, 0.6) is 5.75 Å². The fourth-order valence-electron chi connectivity index (χ4n) is 5.47. The van der Waals surface area contributed by atoms with Crippen LogP contribution in [-0.2, 0) is 23.2 Å². The molecule has 1 saturated heterocycles. The topological polar surface area (TPSA) is 32.8 Å². The van der Waals surface area contributed by atoms with Gasteiger partial charge in [0.25, 0.3) is 0 Å². The Morgan fingerprint density at radius 3 is 2.50 bits per heavy atom. The molecule has 3 aromatic carbocycles. The normalized spacial score (nSPS) is 17.1. The molecule has 5 heteroatoms. The molecule has 1 spiro atoms. The summed E-state index contributed by atoms with van der Waals surface area (Å²) in [5.41, 5.74) is 5.99. The summed E-state index contributed by atoms with van der Waals surface area (Å²) in [5, 5.41) is 0.692. The van der Waals surface area contributed by atoms with Crippen molar-refractivity contribution < 1.29 is 9.53 Å². The first-order valence-electron chi connectivity index (χ1n) is 12.0. The minimum absolute atomic E-state index is 0.0296. The summed E-state index contributed by atoms with van der Waals surface area (Å²) >= 11 is 6.03. The maximum atomic E-state index is 13.4. The Bertz CT molecular complexity index is 1180. The van der Waals surface area contributed by atoms with Crippen molar-refractivity contribution in [3.8, 4) is 5.75 Å². The molecule has 1 amide bonds. The van der Waals surface area contributed by atoms with E-state index in [0.29, 0.717) is 11.4 Å². The van der Waals surface area contributed by atoms with Crippen molar-refractivity contribution in [3.05, 3.63) is 94.0 Å². The first-order valence-corrected chi connectivity index (χ1v) is 12.3. The number of methoxy groups -OCH3 is 1. The zero-order valence-electron chi connectivity index (χ0n) is 19.9. The minimum Gasteiger partial charge on any atom is -0.497 e.